The molecular formula is C24H33N5O2. The predicted octanol–water partition coefficient (Wildman–Crippen LogP) is 2.45. The number of aliphatic imine (C=N–C) groups is 1. The van der Waals surface area contributed by atoms with Crippen molar-refractivity contribution < 1.29 is 9.21 Å². The van der Waals surface area contributed by atoms with Crippen LogP contribution in [-0.2, 0) is 13.0 Å². The molecule has 1 N–H and O–H groups in total. The number of nitrogens with zero attached hydrogens (tertiary/aromatic N) is 4. The molecule has 7 heteroatoms. The van der Waals surface area contributed by atoms with E-state index in [1.165, 1.54) is 11.1 Å². The third kappa shape index (κ3) is 5.47. The minimum Gasteiger partial charge on any atom is -0.459 e. The van der Waals surface area contributed by atoms with Gasteiger partial charge in [0.05, 0.1) is 6.26 Å². The molecule has 1 saturated heterocycles. The van der Waals surface area contributed by atoms with Crippen LogP contribution in [0.5, 0.6) is 0 Å². The Kier molecular flexibility index (Phi) is 7.25. The highest BCUT2D eigenvalue weighted by molar-refractivity contribution is 5.91. The Balaban J connectivity index is 1.24. The lowest BCUT2D eigenvalue weighted by molar-refractivity contribution is 0.0657. The highest BCUT2D eigenvalue weighted by Crippen LogP contribution is 2.18. The van der Waals surface area contributed by atoms with Gasteiger partial charge in [0, 0.05) is 58.9 Å². The fraction of sp³-hybridized carbons (Fsp3) is 0.500. The third-order valence-corrected chi connectivity index (χ3v) is 6.04. The third-order valence-electron chi connectivity index (χ3n) is 6.04. The van der Waals surface area contributed by atoms with Gasteiger partial charge in [0.15, 0.2) is 11.7 Å². The van der Waals surface area contributed by atoms with Gasteiger partial charge in [0.25, 0.3) is 5.91 Å². The summed E-state index contributed by atoms with van der Waals surface area (Å²) >= 11 is 0. The van der Waals surface area contributed by atoms with Crippen molar-refractivity contribution in [3.8, 4) is 0 Å². The monoisotopic (exact) mass is 423 g/mol. The van der Waals surface area contributed by atoms with Crippen LogP contribution < -0.4 is 5.32 Å². The Labute approximate surface area is 184 Å². The summed E-state index contributed by atoms with van der Waals surface area (Å²) in [4.78, 5) is 24.0. The van der Waals surface area contributed by atoms with Gasteiger partial charge in [-0.05, 0) is 43.0 Å². The van der Waals surface area contributed by atoms with Crippen molar-refractivity contribution in [1.29, 1.82) is 0 Å². The fourth-order valence-electron chi connectivity index (χ4n) is 4.33. The standard InChI is InChI=1S/C24H33N5O2/c1-2-25-24(29-16-14-28(15-17-29)23(30)22-9-5-18-31-22)26-11-6-12-27-13-10-20-7-3-4-8-21(20)19-27/h3-5,7-9,18H,2,6,10-17,19H2,1H3,(H,25,26). The molecule has 166 valence electrons. The molecule has 0 saturated carbocycles. The molecule has 1 fully saturated rings. The number of rotatable bonds is 6. The smallest absolute Gasteiger partial charge is 0.289 e. The zero-order chi connectivity index (χ0) is 21.5. The van der Waals surface area contributed by atoms with E-state index >= 15 is 0 Å². The van der Waals surface area contributed by atoms with Gasteiger partial charge in [-0.25, -0.2) is 0 Å². The highest BCUT2D eigenvalue weighted by Gasteiger charge is 2.25. The van der Waals surface area contributed by atoms with E-state index in [1.807, 2.05) is 4.90 Å². The van der Waals surface area contributed by atoms with Gasteiger partial charge in [0.2, 0.25) is 0 Å². The summed E-state index contributed by atoms with van der Waals surface area (Å²) in [6, 6.07) is 12.2. The molecule has 1 amide bonds. The number of fused-ring (bicyclic) bond motifs is 1. The van der Waals surface area contributed by atoms with Crippen LogP contribution in [0, 0.1) is 0 Å². The first-order chi connectivity index (χ1) is 15.2. The Bertz CT molecular complexity index is 872. The Hall–Kier alpha value is -2.80. The molecule has 1 aromatic carbocycles. The Morgan fingerprint density at radius 3 is 2.55 bits per heavy atom. The van der Waals surface area contributed by atoms with Gasteiger partial charge in [0.1, 0.15) is 0 Å². The SMILES string of the molecule is CCNC(=NCCCN1CCc2ccccc2C1)N1CCN(C(=O)c2ccco2)CC1. The summed E-state index contributed by atoms with van der Waals surface area (Å²) in [5, 5.41) is 3.42. The normalized spacial score (nSPS) is 17.5. The molecule has 2 aromatic rings. The second-order valence-electron chi connectivity index (χ2n) is 8.14. The van der Waals surface area contributed by atoms with Gasteiger partial charge in [-0.3, -0.25) is 14.7 Å². The van der Waals surface area contributed by atoms with Crippen LogP contribution in [0.15, 0.2) is 52.1 Å². The van der Waals surface area contributed by atoms with Crippen LogP contribution in [0.3, 0.4) is 0 Å². The summed E-state index contributed by atoms with van der Waals surface area (Å²) in [7, 11) is 0. The molecule has 1 aromatic heterocycles. The molecule has 2 aliphatic rings. The van der Waals surface area contributed by atoms with Gasteiger partial charge >= 0.3 is 0 Å². The average molecular weight is 424 g/mol. The van der Waals surface area contributed by atoms with Crippen molar-refractivity contribution in [2.75, 3.05) is 52.4 Å². The van der Waals surface area contributed by atoms with Crippen LogP contribution in [0.4, 0.5) is 0 Å². The van der Waals surface area contributed by atoms with Crippen molar-refractivity contribution in [2.45, 2.75) is 26.3 Å². The van der Waals surface area contributed by atoms with E-state index in [9.17, 15) is 4.79 Å². The molecule has 0 radical (unpaired) electrons. The van der Waals surface area contributed by atoms with E-state index < -0.39 is 0 Å². The summed E-state index contributed by atoms with van der Waals surface area (Å²) in [6.07, 6.45) is 3.74. The first kappa shape index (κ1) is 21.4. The quantitative estimate of drug-likeness (QED) is 0.439. The fourth-order valence-corrected chi connectivity index (χ4v) is 4.33. The second-order valence-corrected chi connectivity index (χ2v) is 8.14. The van der Waals surface area contributed by atoms with Crippen molar-refractivity contribution in [1.82, 2.24) is 20.0 Å². The largest absolute Gasteiger partial charge is 0.459 e. The van der Waals surface area contributed by atoms with Gasteiger partial charge in [-0.2, -0.15) is 0 Å². The first-order valence-electron chi connectivity index (χ1n) is 11.4. The topological polar surface area (TPSA) is 64.3 Å². The number of carbonyl (C=O) groups excluding carboxylic acids is 1. The maximum atomic E-state index is 12.5. The highest BCUT2D eigenvalue weighted by atomic mass is 16.3. The molecule has 4 rings (SSSR count). The maximum absolute atomic E-state index is 12.5. The maximum Gasteiger partial charge on any atom is 0.289 e. The second kappa shape index (κ2) is 10.5. The van der Waals surface area contributed by atoms with Crippen LogP contribution in [-0.4, -0.2) is 78.9 Å². The van der Waals surface area contributed by atoms with Crippen LogP contribution >= 0.6 is 0 Å². The average Bonchev–Trinajstić information content (AvgIpc) is 3.36. The minimum absolute atomic E-state index is 0.0327. The van der Waals surface area contributed by atoms with Crippen molar-refractivity contribution in [2.24, 2.45) is 4.99 Å². The Morgan fingerprint density at radius 1 is 1.03 bits per heavy atom. The molecule has 7 nitrogen and oxygen atoms in total. The lowest BCUT2D eigenvalue weighted by atomic mass is 10.00. The van der Waals surface area contributed by atoms with Crippen LogP contribution in [0.25, 0.3) is 0 Å². The molecule has 0 bridgehead atoms. The first-order valence-corrected chi connectivity index (χ1v) is 11.4. The number of amides is 1. The molecule has 3 heterocycles. The molecule has 0 spiro atoms. The van der Waals surface area contributed by atoms with E-state index in [2.05, 4.69) is 46.3 Å². The van der Waals surface area contributed by atoms with Crippen molar-refractivity contribution in [3.63, 3.8) is 0 Å². The summed E-state index contributed by atoms with van der Waals surface area (Å²) < 4.78 is 5.25. The lowest BCUT2D eigenvalue weighted by Crippen LogP contribution is -2.53. The van der Waals surface area contributed by atoms with Gasteiger partial charge in [-0.15, -0.1) is 0 Å². The summed E-state index contributed by atoms with van der Waals surface area (Å²) in [5.41, 5.74) is 2.96. The van der Waals surface area contributed by atoms with Crippen molar-refractivity contribution in [3.05, 3.63) is 59.5 Å². The minimum atomic E-state index is -0.0327. The number of hydrogen-bond donors (Lipinski definition) is 1. The molecule has 0 atom stereocenters. The van der Waals surface area contributed by atoms with Crippen LogP contribution in [0.2, 0.25) is 0 Å². The molecule has 0 unspecified atom stereocenters. The lowest BCUT2D eigenvalue weighted by Gasteiger charge is -2.36. The number of piperazine rings is 1. The number of furan rings is 1. The van der Waals surface area contributed by atoms with Gasteiger partial charge in [-0.1, -0.05) is 24.3 Å². The predicted molar refractivity (Wildman–Crippen MR) is 122 cm³/mol. The van der Waals surface area contributed by atoms with E-state index in [0.717, 1.165) is 64.6 Å². The number of guanidine groups is 1. The molecule has 2 aliphatic heterocycles. The van der Waals surface area contributed by atoms with Gasteiger partial charge < -0.3 is 19.5 Å². The van der Waals surface area contributed by atoms with E-state index in [1.54, 1.807) is 18.4 Å². The molecule has 0 aliphatic carbocycles. The number of hydrogen-bond acceptors (Lipinski definition) is 4. The zero-order valence-corrected chi connectivity index (χ0v) is 18.4. The van der Waals surface area contributed by atoms with E-state index in [4.69, 9.17) is 9.41 Å². The van der Waals surface area contributed by atoms with E-state index in [0.29, 0.717) is 18.8 Å². The van der Waals surface area contributed by atoms with E-state index in [-0.39, 0.29) is 5.91 Å². The van der Waals surface area contributed by atoms with Crippen LogP contribution in [0.1, 0.15) is 35.0 Å². The number of carbonyl (C=O) groups is 1. The van der Waals surface area contributed by atoms with Crippen molar-refractivity contribution >= 4 is 11.9 Å². The summed E-state index contributed by atoms with van der Waals surface area (Å²) in [6.45, 7) is 9.91. The molecular weight excluding hydrogens is 390 g/mol. The Morgan fingerprint density at radius 2 is 1.81 bits per heavy atom. The molecule has 31 heavy (non-hydrogen) atoms. The zero-order valence-electron chi connectivity index (χ0n) is 18.4. The summed E-state index contributed by atoms with van der Waals surface area (Å²) in [5.74, 6) is 1.33. The number of benzene rings is 1. The number of nitrogens with one attached hydrogen (secondary N) is 1.